The Kier molecular flexibility index (Phi) is 4.98. The number of pyridine rings is 1. The summed E-state index contributed by atoms with van der Waals surface area (Å²) >= 11 is 0. The van der Waals surface area contributed by atoms with Crippen LogP contribution in [0, 0.1) is 11.9 Å². The Hall–Kier alpha value is -1.05. The second kappa shape index (κ2) is 6.83. The van der Waals surface area contributed by atoms with E-state index in [1.807, 2.05) is 0 Å². The van der Waals surface area contributed by atoms with Crippen molar-refractivity contribution in [3.63, 3.8) is 0 Å². The molecular formula is C16H24FN3O2S. The van der Waals surface area contributed by atoms with Gasteiger partial charge >= 0.3 is 0 Å². The minimum atomic E-state index is -3.78. The van der Waals surface area contributed by atoms with Crippen LogP contribution in [0.1, 0.15) is 32.6 Å². The second-order valence-electron chi connectivity index (χ2n) is 6.65. The molecule has 0 aliphatic carbocycles. The van der Waals surface area contributed by atoms with E-state index in [0.717, 1.165) is 31.8 Å². The molecule has 2 fully saturated rings. The first-order chi connectivity index (χ1) is 11.0. The number of hydrogen-bond acceptors (Lipinski definition) is 4. The van der Waals surface area contributed by atoms with E-state index in [1.165, 1.54) is 35.5 Å². The topological polar surface area (TPSA) is 53.5 Å². The van der Waals surface area contributed by atoms with Crippen molar-refractivity contribution in [2.45, 2.75) is 43.5 Å². The van der Waals surface area contributed by atoms with Crippen LogP contribution in [0.2, 0.25) is 0 Å². The smallest absolute Gasteiger partial charge is 0.247 e. The first-order valence-corrected chi connectivity index (χ1v) is 9.77. The van der Waals surface area contributed by atoms with Crippen LogP contribution in [-0.2, 0) is 10.0 Å². The van der Waals surface area contributed by atoms with Gasteiger partial charge in [-0.15, -0.1) is 0 Å². The maximum absolute atomic E-state index is 13.7. The molecule has 0 aromatic carbocycles. The highest BCUT2D eigenvalue weighted by molar-refractivity contribution is 7.89. The number of halogens is 1. The van der Waals surface area contributed by atoms with Crippen molar-refractivity contribution < 1.29 is 12.8 Å². The fraction of sp³-hybridized carbons (Fsp3) is 0.688. The average molecular weight is 341 g/mol. The summed E-state index contributed by atoms with van der Waals surface area (Å²) in [6.45, 7) is 5.40. The van der Waals surface area contributed by atoms with Crippen LogP contribution in [0.15, 0.2) is 23.2 Å². The number of rotatable bonds is 3. The molecule has 0 saturated carbocycles. The standard InChI is InChI=1S/C16H24FN3O2S/c1-13-4-9-19(10-5-13)14-6-11-20(12-7-14)23(21,22)15-3-2-8-18-16(15)17/h2-3,8,13-14H,4-7,9-12H2,1H3. The lowest BCUT2D eigenvalue weighted by atomic mass is 9.95. The molecule has 2 saturated heterocycles. The third-order valence-electron chi connectivity index (χ3n) is 5.10. The Labute approximate surface area is 137 Å². The zero-order valence-corrected chi connectivity index (χ0v) is 14.3. The van der Waals surface area contributed by atoms with Crippen LogP contribution in [0.3, 0.4) is 0 Å². The van der Waals surface area contributed by atoms with Crippen molar-refractivity contribution in [2.24, 2.45) is 5.92 Å². The minimum Gasteiger partial charge on any atom is -0.300 e. The van der Waals surface area contributed by atoms with Crippen molar-refractivity contribution in [3.05, 3.63) is 24.3 Å². The molecule has 0 N–H and O–H groups in total. The van der Waals surface area contributed by atoms with Gasteiger partial charge in [0.2, 0.25) is 16.0 Å². The van der Waals surface area contributed by atoms with E-state index >= 15 is 0 Å². The fourth-order valence-electron chi connectivity index (χ4n) is 3.54. The summed E-state index contributed by atoms with van der Waals surface area (Å²) in [6, 6.07) is 3.20. The summed E-state index contributed by atoms with van der Waals surface area (Å²) in [5, 5.41) is 0. The SMILES string of the molecule is CC1CCN(C2CCN(S(=O)(=O)c3cccnc3F)CC2)CC1. The van der Waals surface area contributed by atoms with Crippen molar-refractivity contribution >= 4 is 10.0 Å². The van der Waals surface area contributed by atoms with Crippen LogP contribution in [0.25, 0.3) is 0 Å². The monoisotopic (exact) mass is 341 g/mol. The largest absolute Gasteiger partial charge is 0.300 e. The number of aromatic nitrogens is 1. The maximum atomic E-state index is 13.7. The molecule has 2 aliphatic heterocycles. The van der Waals surface area contributed by atoms with Gasteiger partial charge in [0.1, 0.15) is 4.90 Å². The number of nitrogens with zero attached hydrogens (tertiary/aromatic N) is 3. The zero-order chi connectivity index (χ0) is 16.4. The number of sulfonamides is 1. The molecule has 1 aromatic rings. The van der Waals surface area contributed by atoms with Crippen LogP contribution >= 0.6 is 0 Å². The van der Waals surface area contributed by atoms with Gasteiger partial charge in [0.15, 0.2) is 0 Å². The first-order valence-electron chi connectivity index (χ1n) is 8.33. The highest BCUT2D eigenvalue weighted by Gasteiger charge is 2.34. The Morgan fingerprint density at radius 2 is 1.78 bits per heavy atom. The molecule has 3 rings (SSSR count). The second-order valence-corrected chi connectivity index (χ2v) is 8.55. The lowest BCUT2D eigenvalue weighted by molar-refractivity contribution is 0.101. The predicted octanol–water partition coefficient (Wildman–Crippen LogP) is 2.11. The van der Waals surface area contributed by atoms with E-state index in [4.69, 9.17) is 0 Å². The predicted molar refractivity (Wildman–Crippen MR) is 85.9 cm³/mol. The molecule has 23 heavy (non-hydrogen) atoms. The summed E-state index contributed by atoms with van der Waals surface area (Å²) in [6.07, 6.45) is 5.34. The highest BCUT2D eigenvalue weighted by atomic mass is 32.2. The van der Waals surface area contributed by atoms with E-state index < -0.39 is 16.0 Å². The van der Waals surface area contributed by atoms with Gasteiger partial charge in [-0.1, -0.05) is 6.92 Å². The van der Waals surface area contributed by atoms with Crippen LogP contribution < -0.4 is 0 Å². The summed E-state index contributed by atoms with van der Waals surface area (Å²) in [7, 11) is -3.78. The Morgan fingerprint density at radius 1 is 1.13 bits per heavy atom. The van der Waals surface area contributed by atoms with Gasteiger partial charge < -0.3 is 4.90 Å². The molecule has 128 valence electrons. The number of piperidine rings is 2. The molecule has 1 aromatic heterocycles. The summed E-state index contributed by atoms with van der Waals surface area (Å²) in [5.41, 5.74) is 0. The van der Waals surface area contributed by atoms with Gasteiger partial charge in [0, 0.05) is 25.3 Å². The van der Waals surface area contributed by atoms with Crippen molar-refractivity contribution in [1.82, 2.24) is 14.2 Å². The number of hydrogen-bond donors (Lipinski definition) is 0. The maximum Gasteiger partial charge on any atom is 0.247 e. The lowest BCUT2D eigenvalue weighted by Crippen LogP contribution is -2.48. The molecule has 3 heterocycles. The van der Waals surface area contributed by atoms with E-state index in [2.05, 4.69) is 16.8 Å². The quantitative estimate of drug-likeness (QED) is 0.790. The van der Waals surface area contributed by atoms with E-state index in [1.54, 1.807) is 0 Å². The molecular weight excluding hydrogens is 317 g/mol. The van der Waals surface area contributed by atoms with Gasteiger partial charge in [-0.25, -0.2) is 13.4 Å². The van der Waals surface area contributed by atoms with Crippen LogP contribution in [0.4, 0.5) is 4.39 Å². The highest BCUT2D eigenvalue weighted by Crippen LogP contribution is 2.26. The van der Waals surface area contributed by atoms with Gasteiger partial charge in [0.25, 0.3) is 0 Å². The number of likely N-dealkylation sites (tertiary alicyclic amines) is 1. The van der Waals surface area contributed by atoms with Crippen LogP contribution in [0.5, 0.6) is 0 Å². The van der Waals surface area contributed by atoms with Crippen molar-refractivity contribution in [3.8, 4) is 0 Å². The first kappa shape index (κ1) is 16.8. The molecule has 0 radical (unpaired) electrons. The van der Waals surface area contributed by atoms with Crippen LogP contribution in [-0.4, -0.2) is 54.8 Å². The van der Waals surface area contributed by atoms with E-state index in [-0.39, 0.29) is 4.90 Å². The lowest BCUT2D eigenvalue weighted by Gasteiger charge is -2.40. The molecule has 0 spiro atoms. The summed E-state index contributed by atoms with van der Waals surface area (Å²) in [4.78, 5) is 5.64. The molecule has 7 heteroatoms. The van der Waals surface area contributed by atoms with Gasteiger partial charge in [-0.05, 0) is 56.8 Å². The van der Waals surface area contributed by atoms with E-state index in [9.17, 15) is 12.8 Å². The van der Waals surface area contributed by atoms with Crippen molar-refractivity contribution in [2.75, 3.05) is 26.2 Å². The Bertz CT molecular complexity index is 636. The molecule has 2 aliphatic rings. The average Bonchev–Trinajstić information content (AvgIpc) is 2.56. The third kappa shape index (κ3) is 3.56. The summed E-state index contributed by atoms with van der Waals surface area (Å²) < 4.78 is 40.3. The van der Waals surface area contributed by atoms with Gasteiger partial charge in [-0.3, -0.25) is 0 Å². The minimum absolute atomic E-state index is 0.315. The molecule has 0 unspecified atom stereocenters. The van der Waals surface area contributed by atoms with Crippen molar-refractivity contribution in [1.29, 1.82) is 0 Å². The van der Waals surface area contributed by atoms with E-state index in [0.29, 0.717) is 19.1 Å². The Balaban J connectivity index is 1.64. The molecule has 0 bridgehead atoms. The molecule has 0 amide bonds. The Morgan fingerprint density at radius 3 is 2.39 bits per heavy atom. The normalized spacial score (nSPS) is 23.2. The zero-order valence-electron chi connectivity index (χ0n) is 13.5. The van der Waals surface area contributed by atoms with Gasteiger partial charge in [0.05, 0.1) is 0 Å². The molecule has 5 nitrogen and oxygen atoms in total. The summed E-state index contributed by atoms with van der Waals surface area (Å²) in [5.74, 6) is -0.125. The molecule has 0 atom stereocenters. The van der Waals surface area contributed by atoms with Gasteiger partial charge in [-0.2, -0.15) is 8.70 Å². The third-order valence-corrected chi connectivity index (χ3v) is 7.01. The fourth-order valence-corrected chi connectivity index (χ4v) is 5.03.